The Kier molecular flexibility index (Phi) is 5.14. The van der Waals surface area contributed by atoms with E-state index in [1.807, 2.05) is 0 Å². The molecule has 1 N–H and O–H groups in total. The Hall–Kier alpha value is -1.40. The number of carbonyl (C=O) groups is 3. The number of amides is 1. The van der Waals surface area contributed by atoms with Gasteiger partial charge in [0.1, 0.15) is 0 Å². The minimum atomic E-state index is -0.549. The van der Waals surface area contributed by atoms with E-state index in [0.29, 0.717) is 9.21 Å². The molecule has 108 valence electrons. The predicted octanol–water partition coefficient (Wildman–Crippen LogP) is 2.19. The summed E-state index contributed by atoms with van der Waals surface area (Å²) >= 11 is 6.91. The number of hydrogen-bond acceptors (Lipinski definition) is 5. The number of carbonyl (C=O) groups excluding carboxylic acids is 3. The Bertz CT molecular complexity index is 524. The second kappa shape index (κ2) is 6.85. The van der Waals surface area contributed by atoms with Gasteiger partial charge in [0.15, 0.2) is 12.4 Å². The second-order valence-electron chi connectivity index (χ2n) is 4.53. The van der Waals surface area contributed by atoms with E-state index in [0.717, 1.165) is 12.8 Å². The maximum Gasteiger partial charge on any atom is 0.306 e. The summed E-state index contributed by atoms with van der Waals surface area (Å²) in [5.41, 5.74) is 0. The van der Waals surface area contributed by atoms with Crippen LogP contribution in [0, 0.1) is 0 Å². The van der Waals surface area contributed by atoms with E-state index in [9.17, 15) is 14.4 Å². The van der Waals surface area contributed by atoms with Crippen molar-refractivity contribution >= 4 is 40.6 Å². The molecule has 5 nitrogen and oxygen atoms in total. The molecule has 1 aromatic heterocycles. The molecule has 1 aliphatic carbocycles. The highest BCUT2D eigenvalue weighted by molar-refractivity contribution is 7.18. The SMILES string of the molecule is O=C(COC(=O)CCC(=O)c1ccc(Cl)s1)NC1CC1. The van der Waals surface area contributed by atoms with Crippen molar-refractivity contribution in [2.45, 2.75) is 31.7 Å². The monoisotopic (exact) mass is 315 g/mol. The van der Waals surface area contributed by atoms with E-state index >= 15 is 0 Å². The van der Waals surface area contributed by atoms with Gasteiger partial charge in [-0.3, -0.25) is 14.4 Å². The zero-order valence-corrected chi connectivity index (χ0v) is 12.3. The summed E-state index contributed by atoms with van der Waals surface area (Å²) in [6.07, 6.45) is 1.99. The average Bonchev–Trinajstić information content (AvgIpc) is 3.12. The van der Waals surface area contributed by atoms with Gasteiger partial charge in [0.25, 0.3) is 5.91 Å². The van der Waals surface area contributed by atoms with Crippen LogP contribution in [0.3, 0.4) is 0 Å². The molecule has 0 spiro atoms. The minimum Gasteiger partial charge on any atom is -0.456 e. The number of esters is 1. The highest BCUT2D eigenvalue weighted by atomic mass is 35.5. The fourth-order valence-corrected chi connectivity index (χ4v) is 2.53. The van der Waals surface area contributed by atoms with Crippen LogP contribution in [0.5, 0.6) is 0 Å². The summed E-state index contributed by atoms with van der Waals surface area (Å²) in [5, 5.41) is 2.71. The molecular formula is C13H14ClNO4S. The summed E-state index contributed by atoms with van der Waals surface area (Å²) < 4.78 is 5.33. The molecule has 1 aromatic rings. The predicted molar refractivity (Wildman–Crippen MR) is 75.0 cm³/mol. The van der Waals surface area contributed by atoms with E-state index in [2.05, 4.69) is 5.32 Å². The van der Waals surface area contributed by atoms with Crippen molar-refractivity contribution in [1.82, 2.24) is 5.32 Å². The zero-order chi connectivity index (χ0) is 14.5. The quantitative estimate of drug-likeness (QED) is 0.618. The van der Waals surface area contributed by atoms with E-state index in [-0.39, 0.29) is 37.2 Å². The van der Waals surface area contributed by atoms with Crippen LogP contribution < -0.4 is 5.32 Å². The highest BCUT2D eigenvalue weighted by Gasteiger charge is 2.23. The molecule has 1 heterocycles. The second-order valence-corrected chi connectivity index (χ2v) is 6.24. The van der Waals surface area contributed by atoms with Gasteiger partial charge in [0.2, 0.25) is 0 Å². The van der Waals surface area contributed by atoms with Crippen molar-refractivity contribution in [2.75, 3.05) is 6.61 Å². The normalized spacial score (nSPS) is 13.8. The fraction of sp³-hybridized carbons (Fsp3) is 0.462. The maximum atomic E-state index is 11.7. The number of ether oxygens (including phenoxy) is 1. The molecule has 0 unspecified atom stereocenters. The number of Topliss-reactive ketones (excluding diaryl/α,β-unsaturated/α-hetero) is 1. The topological polar surface area (TPSA) is 72.5 Å². The van der Waals surface area contributed by atoms with Crippen molar-refractivity contribution in [3.8, 4) is 0 Å². The van der Waals surface area contributed by atoms with E-state index in [1.165, 1.54) is 11.3 Å². The molecular weight excluding hydrogens is 302 g/mol. The molecule has 1 fully saturated rings. The lowest BCUT2D eigenvalue weighted by Gasteiger charge is -2.04. The first kappa shape index (κ1) is 15.0. The third-order valence-corrected chi connectivity index (χ3v) is 3.98. The number of rotatable bonds is 7. The molecule has 7 heteroatoms. The van der Waals surface area contributed by atoms with Crippen molar-refractivity contribution in [1.29, 1.82) is 0 Å². The fourth-order valence-electron chi connectivity index (χ4n) is 1.52. The molecule has 1 saturated carbocycles. The lowest BCUT2D eigenvalue weighted by Crippen LogP contribution is -2.30. The van der Waals surface area contributed by atoms with Gasteiger partial charge in [-0.15, -0.1) is 11.3 Å². The van der Waals surface area contributed by atoms with Crippen LogP contribution in [0.4, 0.5) is 0 Å². The van der Waals surface area contributed by atoms with E-state index < -0.39 is 5.97 Å². The standard InChI is InChI=1S/C13H14ClNO4S/c14-11-5-4-10(20-11)9(16)3-6-13(18)19-7-12(17)15-8-1-2-8/h4-5,8H,1-3,6-7H2,(H,15,17). The number of nitrogens with one attached hydrogen (secondary N) is 1. The van der Waals surface area contributed by atoms with Gasteiger partial charge in [0, 0.05) is 12.5 Å². The first-order valence-electron chi connectivity index (χ1n) is 6.28. The summed E-state index contributed by atoms with van der Waals surface area (Å²) in [6, 6.07) is 3.51. The molecule has 0 aliphatic heterocycles. The lowest BCUT2D eigenvalue weighted by molar-refractivity contribution is -0.148. The van der Waals surface area contributed by atoms with Crippen LogP contribution in [-0.2, 0) is 14.3 Å². The van der Waals surface area contributed by atoms with Crippen molar-refractivity contribution < 1.29 is 19.1 Å². The number of hydrogen-bond donors (Lipinski definition) is 1. The van der Waals surface area contributed by atoms with Gasteiger partial charge in [-0.1, -0.05) is 11.6 Å². The van der Waals surface area contributed by atoms with Gasteiger partial charge in [0.05, 0.1) is 15.6 Å². The summed E-state index contributed by atoms with van der Waals surface area (Å²) in [6.45, 7) is -0.283. The Morgan fingerprint density at radius 2 is 2.05 bits per heavy atom. The van der Waals surface area contributed by atoms with Crippen LogP contribution in [0.15, 0.2) is 12.1 Å². The number of thiophene rings is 1. The Morgan fingerprint density at radius 1 is 1.30 bits per heavy atom. The molecule has 0 bridgehead atoms. The van der Waals surface area contributed by atoms with E-state index in [4.69, 9.17) is 16.3 Å². The molecule has 1 amide bonds. The minimum absolute atomic E-state index is 0.0366. The van der Waals surface area contributed by atoms with Crippen LogP contribution in [0.1, 0.15) is 35.4 Å². The molecule has 0 saturated heterocycles. The molecule has 0 aromatic carbocycles. The molecule has 0 atom stereocenters. The smallest absolute Gasteiger partial charge is 0.306 e. The Balaban J connectivity index is 1.64. The lowest BCUT2D eigenvalue weighted by atomic mass is 10.2. The van der Waals surface area contributed by atoms with Gasteiger partial charge in [-0.05, 0) is 25.0 Å². The van der Waals surface area contributed by atoms with E-state index in [1.54, 1.807) is 12.1 Å². The third kappa shape index (κ3) is 4.94. The van der Waals surface area contributed by atoms with Gasteiger partial charge >= 0.3 is 5.97 Å². The summed E-state index contributed by atoms with van der Waals surface area (Å²) in [4.78, 5) is 34.9. The van der Waals surface area contributed by atoms with Crippen molar-refractivity contribution in [3.05, 3.63) is 21.3 Å². The van der Waals surface area contributed by atoms with Crippen LogP contribution in [0.25, 0.3) is 0 Å². The van der Waals surface area contributed by atoms with Crippen LogP contribution in [-0.4, -0.2) is 30.3 Å². The Morgan fingerprint density at radius 3 is 2.65 bits per heavy atom. The maximum absolute atomic E-state index is 11.7. The van der Waals surface area contributed by atoms with Gasteiger partial charge < -0.3 is 10.1 Å². The van der Waals surface area contributed by atoms with Gasteiger partial charge in [-0.25, -0.2) is 0 Å². The summed E-state index contributed by atoms with van der Waals surface area (Å²) in [5.74, 6) is -0.995. The first-order chi connectivity index (χ1) is 9.54. The molecule has 20 heavy (non-hydrogen) atoms. The van der Waals surface area contributed by atoms with Crippen molar-refractivity contribution in [2.24, 2.45) is 0 Å². The zero-order valence-electron chi connectivity index (χ0n) is 10.7. The molecule has 2 rings (SSSR count). The highest BCUT2D eigenvalue weighted by Crippen LogP contribution is 2.23. The Labute approximate surface area is 125 Å². The van der Waals surface area contributed by atoms with Gasteiger partial charge in [-0.2, -0.15) is 0 Å². The summed E-state index contributed by atoms with van der Waals surface area (Å²) in [7, 11) is 0. The third-order valence-electron chi connectivity index (χ3n) is 2.71. The number of ketones is 1. The molecule has 1 aliphatic rings. The van der Waals surface area contributed by atoms with Crippen LogP contribution in [0.2, 0.25) is 4.34 Å². The van der Waals surface area contributed by atoms with Crippen molar-refractivity contribution in [3.63, 3.8) is 0 Å². The first-order valence-corrected chi connectivity index (χ1v) is 7.47. The molecule has 0 radical (unpaired) electrons. The van der Waals surface area contributed by atoms with Crippen LogP contribution >= 0.6 is 22.9 Å². The average molecular weight is 316 g/mol. The number of halogens is 1. The largest absolute Gasteiger partial charge is 0.456 e.